The van der Waals surface area contributed by atoms with Crippen molar-refractivity contribution in [3.63, 3.8) is 0 Å². The van der Waals surface area contributed by atoms with Gasteiger partial charge in [-0.25, -0.2) is 0 Å². The highest BCUT2D eigenvalue weighted by atomic mass is 16.1. The van der Waals surface area contributed by atoms with Gasteiger partial charge in [-0.3, -0.25) is 4.79 Å². The quantitative estimate of drug-likeness (QED) is 0.537. The zero-order chi connectivity index (χ0) is 7.56. The van der Waals surface area contributed by atoms with Crippen molar-refractivity contribution >= 4 is 5.91 Å². The summed E-state index contributed by atoms with van der Waals surface area (Å²) in [4.78, 5) is 12.4. The van der Waals surface area contributed by atoms with Gasteiger partial charge in [-0.15, -0.1) is 0 Å². The molecule has 0 spiro atoms. The lowest BCUT2D eigenvalue weighted by molar-refractivity contribution is -0.115. The Hall–Kier alpha value is -1.25. The fourth-order valence-electron chi connectivity index (χ4n) is 0.809. The van der Waals surface area contributed by atoms with Gasteiger partial charge in [0, 0.05) is 19.7 Å². The molecule has 0 saturated carbocycles. The summed E-state index contributed by atoms with van der Waals surface area (Å²) in [6, 6.07) is 0. The van der Waals surface area contributed by atoms with Crippen LogP contribution in [0.5, 0.6) is 0 Å². The third kappa shape index (κ3) is 1.18. The van der Waals surface area contributed by atoms with Gasteiger partial charge in [0.1, 0.15) is 5.70 Å². The Bertz CT molecular complexity index is 206. The van der Waals surface area contributed by atoms with Crippen LogP contribution in [0.1, 0.15) is 0 Å². The maximum absolute atomic E-state index is 10.6. The molecular weight excluding hydrogens is 128 g/mol. The van der Waals surface area contributed by atoms with Crippen LogP contribution < -0.4 is 5.73 Å². The first kappa shape index (κ1) is 6.86. The van der Waals surface area contributed by atoms with Crippen LogP contribution in [-0.2, 0) is 4.79 Å². The second-order valence-corrected chi connectivity index (χ2v) is 2.14. The van der Waals surface area contributed by atoms with Crippen molar-refractivity contribution in [2.45, 2.75) is 0 Å². The average Bonchev–Trinajstić information content (AvgIpc) is 1.88. The summed E-state index contributed by atoms with van der Waals surface area (Å²) in [7, 11) is 1.80. The van der Waals surface area contributed by atoms with E-state index in [4.69, 9.17) is 5.73 Å². The number of nitrogens with zero attached hydrogens (tertiary/aromatic N) is 1. The molecule has 0 unspecified atom stereocenters. The van der Waals surface area contributed by atoms with Crippen LogP contribution in [0.4, 0.5) is 0 Å². The number of nitrogens with two attached hydrogens (primary N) is 1. The van der Waals surface area contributed by atoms with E-state index in [-0.39, 0.29) is 0 Å². The van der Waals surface area contributed by atoms with Crippen LogP contribution in [0.25, 0.3) is 0 Å². The zero-order valence-electron chi connectivity index (χ0n) is 5.79. The molecule has 3 heteroatoms. The Morgan fingerprint density at radius 3 is 3.00 bits per heavy atom. The molecule has 53 valence electrons. The summed E-state index contributed by atoms with van der Waals surface area (Å²) in [5, 5.41) is 0. The number of hydrogen-bond acceptors (Lipinski definition) is 2. The summed E-state index contributed by atoms with van der Waals surface area (Å²) < 4.78 is 0. The van der Waals surface area contributed by atoms with Gasteiger partial charge in [0.2, 0.25) is 0 Å². The van der Waals surface area contributed by atoms with Crippen molar-refractivity contribution in [1.29, 1.82) is 0 Å². The average molecular weight is 137 g/mol. The highest BCUT2D eigenvalue weighted by Gasteiger charge is 2.10. The smallest absolute Gasteiger partial charge is 0.265 e. The van der Waals surface area contributed by atoms with Gasteiger partial charge in [0.05, 0.1) is 0 Å². The number of carbonyl (C=O) groups excluding carboxylic acids is 1. The van der Waals surface area contributed by atoms with Crippen LogP contribution in [0.15, 0.2) is 17.8 Å². The van der Waals surface area contributed by atoms with Crippen LogP contribution >= 0.6 is 0 Å². The Kier molecular flexibility index (Phi) is 1.76. The molecule has 0 saturated heterocycles. The Morgan fingerprint density at radius 2 is 2.60 bits per heavy atom. The first-order valence-electron chi connectivity index (χ1n) is 3.01. The lowest BCUT2D eigenvalue weighted by Gasteiger charge is -2.19. The van der Waals surface area contributed by atoms with Crippen molar-refractivity contribution in [3.05, 3.63) is 23.9 Å². The van der Waals surface area contributed by atoms with Gasteiger partial charge in [0.15, 0.2) is 0 Å². The van der Waals surface area contributed by atoms with Crippen LogP contribution in [-0.4, -0.2) is 24.4 Å². The number of rotatable bonds is 1. The molecule has 2 N–H and O–H groups in total. The second-order valence-electron chi connectivity index (χ2n) is 2.14. The molecule has 1 rings (SSSR count). The Labute approximate surface area is 59.8 Å². The van der Waals surface area contributed by atoms with Crippen molar-refractivity contribution in [2.75, 3.05) is 13.6 Å². The number of hydrogen-bond donors (Lipinski definition) is 1. The lowest BCUT2D eigenvalue weighted by Crippen LogP contribution is -2.29. The largest absolute Gasteiger partial charge is 0.366 e. The maximum atomic E-state index is 10.6. The number of primary amides is 1. The summed E-state index contributed by atoms with van der Waals surface area (Å²) in [6.45, 7) is 0.727. The molecule has 1 radical (unpaired) electrons. The van der Waals surface area contributed by atoms with E-state index in [1.165, 1.54) is 0 Å². The van der Waals surface area contributed by atoms with Crippen molar-refractivity contribution < 1.29 is 4.79 Å². The molecule has 1 aliphatic heterocycles. The first-order chi connectivity index (χ1) is 4.72. The van der Waals surface area contributed by atoms with Crippen LogP contribution in [0.2, 0.25) is 0 Å². The van der Waals surface area contributed by atoms with E-state index in [2.05, 4.69) is 6.08 Å². The fourth-order valence-corrected chi connectivity index (χ4v) is 0.809. The lowest BCUT2D eigenvalue weighted by atomic mass is 10.2. The number of carbonyl (C=O) groups is 1. The summed E-state index contributed by atoms with van der Waals surface area (Å²) in [5.41, 5.74) is 5.49. The molecule has 0 bridgehead atoms. The monoisotopic (exact) mass is 137 g/mol. The second kappa shape index (κ2) is 2.56. The molecule has 1 aliphatic rings. The van der Waals surface area contributed by atoms with Gasteiger partial charge in [0.25, 0.3) is 5.91 Å². The number of allylic oxidation sites excluding steroid dienone is 2. The third-order valence-electron chi connectivity index (χ3n) is 1.33. The van der Waals surface area contributed by atoms with Gasteiger partial charge in [-0.2, -0.15) is 0 Å². The summed E-state index contributed by atoms with van der Waals surface area (Å²) in [6.07, 6.45) is 6.37. The standard InChI is InChI=1S/C7H9N2O/c1-9-5-3-2-4-6(9)7(8)10/h2-3H,5H2,1H3,(H2,8,10). The molecule has 1 amide bonds. The molecule has 0 fully saturated rings. The molecule has 0 aromatic rings. The molecule has 0 atom stereocenters. The van der Waals surface area contributed by atoms with Crippen molar-refractivity contribution in [1.82, 2.24) is 4.90 Å². The summed E-state index contributed by atoms with van der Waals surface area (Å²) >= 11 is 0. The van der Waals surface area contributed by atoms with Crippen molar-refractivity contribution in [3.8, 4) is 0 Å². The maximum Gasteiger partial charge on any atom is 0.265 e. The minimum Gasteiger partial charge on any atom is -0.366 e. The van der Waals surface area contributed by atoms with E-state index >= 15 is 0 Å². The molecule has 10 heavy (non-hydrogen) atoms. The Balaban J connectivity index is 2.80. The van der Waals surface area contributed by atoms with E-state index in [1.807, 2.05) is 6.08 Å². The van der Waals surface area contributed by atoms with E-state index in [0.717, 1.165) is 6.54 Å². The van der Waals surface area contributed by atoms with Crippen LogP contribution in [0, 0.1) is 6.08 Å². The highest BCUT2D eigenvalue weighted by Crippen LogP contribution is 2.04. The fraction of sp³-hybridized carbons (Fsp3) is 0.286. The van der Waals surface area contributed by atoms with Gasteiger partial charge < -0.3 is 10.6 Å². The minimum atomic E-state index is -0.424. The normalized spacial score (nSPS) is 16.9. The number of likely N-dealkylation sites (N-methyl/N-ethyl adjacent to an activating group) is 1. The predicted molar refractivity (Wildman–Crippen MR) is 37.7 cm³/mol. The number of amides is 1. The summed E-state index contributed by atoms with van der Waals surface area (Å²) in [5.74, 6) is -0.424. The van der Waals surface area contributed by atoms with E-state index < -0.39 is 5.91 Å². The Morgan fingerprint density at radius 1 is 1.90 bits per heavy atom. The molecule has 0 aromatic heterocycles. The van der Waals surface area contributed by atoms with E-state index in [1.54, 1.807) is 18.0 Å². The zero-order valence-corrected chi connectivity index (χ0v) is 5.79. The van der Waals surface area contributed by atoms with Crippen molar-refractivity contribution in [2.24, 2.45) is 5.73 Å². The molecule has 3 nitrogen and oxygen atoms in total. The topological polar surface area (TPSA) is 46.3 Å². The molecule has 0 aromatic carbocycles. The van der Waals surface area contributed by atoms with Crippen LogP contribution in [0.3, 0.4) is 0 Å². The molecule has 0 aliphatic carbocycles. The molecule has 1 heterocycles. The minimum absolute atomic E-state index is 0.424. The molecular formula is C7H9N2O. The van der Waals surface area contributed by atoms with E-state index in [9.17, 15) is 4.79 Å². The van der Waals surface area contributed by atoms with Gasteiger partial charge in [-0.1, -0.05) is 12.2 Å². The van der Waals surface area contributed by atoms with E-state index in [0.29, 0.717) is 5.70 Å². The first-order valence-corrected chi connectivity index (χ1v) is 3.01. The highest BCUT2D eigenvalue weighted by molar-refractivity contribution is 5.91. The van der Waals surface area contributed by atoms with Gasteiger partial charge >= 0.3 is 0 Å². The SMILES string of the molecule is CN1CC=C[C]=C1C(N)=O. The third-order valence-corrected chi connectivity index (χ3v) is 1.33. The van der Waals surface area contributed by atoms with Gasteiger partial charge in [-0.05, 0) is 0 Å². The predicted octanol–water partition coefficient (Wildman–Crippen LogP) is -0.340.